The second-order valence-electron chi connectivity index (χ2n) is 10.4. The van der Waals surface area contributed by atoms with E-state index in [1.54, 1.807) is 12.1 Å². The molecule has 2 atom stereocenters. The lowest BCUT2D eigenvalue weighted by molar-refractivity contribution is -0.116. The maximum atomic E-state index is 13.6. The van der Waals surface area contributed by atoms with E-state index < -0.39 is 0 Å². The molecule has 9 heteroatoms. The highest BCUT2D eigenvalue weighted by molar-refractivity contribution is 7.13. The van der Waals surface area contributed by atoms with E-state index in [4.69, 9.17) is 9.47 Å². The molecule has 38 heavy (non-hydrogen) atoms. The van der Waals surface area contributed by atoms with Crippen molar-refractivity contribution in [3.05, 3.63) is 53.9 Å². The van der Waals surface area contributed by atoms with Crippen molar-refractivity contribution in [1.82, 2.24) is 14.6 Å². The zero-order valence-corrected chi connectivity index (χ0v) is 22.2. The molecule has 3 heterocycles. The highest BCUT2D eigenvalue weighted by atomic mass is 32.1. The molecule has 2 aromatic carbocycles. The Kier molecular flexibility index (Phi) is 7.47. The molecular weight excluding hydrogens is 503 g/mol. The number of rotatable bonds is 7. The molecule has 0 bridgehead atoms. The summed E-state index contributed by atoms with van der Waals surface area (Å²) >= 11 is 1.37. The van der Waals surface area contributed by atoms with Crippen molar-refractivity contribution < 1.29 is 18.7 Å². The standard InChI is InChI=1S/C29H33FN4O3S/c30-23-7-8-24-27(16-23)38-32-29(24)34-13-11-33(12-14-34)18-22-4-2-1-3-21(22)17-31-28(35)10-6-20-5-9-25-26(15-20)37-19-36-25/h5-10,15-16,21-22H,1-4,11-14,17-19H2,(H,31,35)/b10-6+/t21-,22-/m0/s1. The quantitative estimate of drug-likeness (QED) is 0.433. The van der Waals surface area contributed by atoms with Crippen molar-refractivity contribution >= 4 is 39.4 Å². The van der Waals surface area contributed by atoms with Crippen LogP contribution in [-0.2, 0) is 4.79 Å². The molecule has 0 unspecified atom stereocenters. The molecule has 1 saturated heterocycles. The number of hydrogen-bond donors (Lipinski definition) is 1. The van der Waals surface area contributed by atoms with E-state index >= 15 is 0 Å². The fourth-order valence-electron chi connectivity index (χ4n) is 5.87. The third kappa shape index (κ3) is 5.63. The van der Waals surface area contributed by atoms with E-state index in [1.165, 1.54) is 36.9 Å². The Bertz CT molecular complexity index is 1320. The van der Waals surface area contributed by atoms with Gasteiger partial charge in [0.1, 0.15) is 11.6 Å². The van der Waals surface area contributed by atoms with Gasteiger partial charge in [-0.05, 0) is 78.2 Å². The SMILES string of the molecule is O=C(/C=C/c1ccc2c(c1)OCO2)NC[C@@H]1CCCC[C@H]1CN1CCN(c2nsc3cc(F)ccc23)CC1. The first-order chi connectivity index (χ1) is 18.6. The number of halogens is 1. The Hall–Kier alpha value is -3.17. The first kappa shape index (κ1) is 25.1. The lowest BCUT2D eigenvalue weighted by Crippen LogP contribution is -2.49. The molecule has 2 aliphatic heterocycles. The van der Waals surface area contributed by atoms with Gasteiger partial charge in [-0.25, -0.2) is 4.39 Å². The third-order valence-corrected chi connectivity index (χ3v) is 8.81. The van der Waals surface area contributed by atoms with Crippen LogP contribution in [0.1, 0.15) is 31.2 Å². The van der Waals surface area contributed by atoms with Crippen LogP contribution in [0, 0.1) is 17.7 Å². The van der Waals surface area contributed by atoms with E-state index in [9.17, 15) is 9.18 Å². The van der Waals surface area contributed by atoms with Crippen LogP contribution in [0.15, 0.2) is 42.5 Å². The fraction of sp³-hybridized carbons (Fsp3) is 0.448. The molecule has 3 aliphatic rings. The van der Waals surface area contributed by atoms with Crippen LogP contribution in [0.4, 0.5) is 10.2 Å². The fourth-order valence-corrected chi connectivity index (χ4v) is 6.69. The minimum atomic E-state index is -0.212. The van der Waals surface area contributed by atoms with E-state index in [1.807, 2.05) is 30.3 Å². The highest BCUT2D eigenvalue weighted by Gasteiger charge is 2.29. The summed E-state index contributed by atoms with van der Waals surface area (Å²) in [6.45, 7) is 5.87. The largest absolute Gasteiger partial charge is 0.454 e. The maximum Gasteiger partial charge on any atom is 0.244 e. The van der Waals surface area contributed by atoms with Gasteiger partial charge in [0.05, 0.1) is 4.70 Å². The minimum absolute atomic E-state index is 0.0593. The molecule has 200 valence electrons. The summed E-state index contributed by atoms with van der Waals surface area (Å²) in [4.78, 5) is 17.5. The van der Waals surface area contributed by atoms with Crippen LogP contribution in [0.3, 0.4) is 0 Å². The highest BCUT2D eigenvalue weighted by Crippen LogP contribution is 2.34. The topological polar surface area (TPSA) is 66.9 Å². The van der Waals surface area contributed by atoms with Gasteiger partial charge in [0.15, 0.2) is 11.5 Å². The van der Waals surface area contributed by atoms with Crippen LogP contribution in [-0.4, -0.2) is 61.2 Å². The molecule has 6 rings (SSSR count). The molecule has 1 aromatic heterocycles. The summed E-state index contributed by atoms with van der Waals surface area (Å²) in [6.07, 6.45) is 8.30. The first-order valence-corrected chi connectivity index (χ1v) is 14.3. The van der Waals surface area contributed by atoms with Crippen molar-refractivity contribution in [1.29, 1.82) is 0 Å². The van der Waals surface area contributed by atoms with Crippen molar-refractivity contribution in [3.63, 3.8) is 0 Å². The number of hydrogen-bond acceptors (Lipinski definition) is 7. The lowest BCUT2D eigenvalue weighted by Gasteiger charge is -2.40. The number of nitrogens with zero attached hydrogens (tertiary/aromatic N) is 3. The average Bonchev–Trinajstić information content (AvgIpc) is 3.58. The van der Waals surface area contributed by atoms with E-state index in [2.05, 4.69) is 19.5 Å². The summed E-state index contributed by atoms with van der Waals surface area (Å²) in [5, 5.41) is 4.19. The van der Waals surface area contributed by atoms with Gasteiger partial charge in [0.25, 0.3) is 0 Å². The summed E-state index contributed by atoms with van der Waals surface area (Å²) < 4.78 is 29.9. The molecule has 7 nitrogen and oxygen atoms in total. The number of piperazine rings is 1. The van der Waals surface area contributed by atoms with Gasteiger partial charge >= 0.3 is 0 Å². The number of benzene rings is 2. The number of carbonyl (C=O) groups is 1. The molecule has 2 fully saturated rings. The predicted octanol–water partition coefficient (Wildman–Crippen LogP) is 4.92. The summed E-state index contributed by atoms with van der Waals surface area (Å²) in [6, 6.07) is 10.6. The minimum Gasteiger partial charge on any atom is -0.454 e. The van der Waals surface area contributed by atoms with Gasteiger partial charge in [-0.2, -0.15) is 4.37 Å². The van der Waals surface area contributed by atoms with E-state index in [0.717, 1.165) is 72.9 Å². The number of nitrogens with one attached hydrogen (secondary N) is 1. The Labute approximate surface area is 226 Å². The van der Waals surface area contributed by atoms with Crippen LogP contribution in [0.25, 0.3) is 16.2 Å². The number of anilines is 1. The van der Waals surface area contributed by atoms with Gasteiger partial charge in [-0.1, -0.05) is 18.9 Å². The molecule has 1 amide bonds. The van der Waals surface area contributed by atoms with Crippen molar-refractivity contribution in [2.24, 2.45) is 11.8 Å². The molecule has 1 N–H and O–H groups in total. The first-order valence-electron chi connectivity index (χ1n) is 13.5. The van der Waals surface area contributed by atoms with Gasteiger partial charge in [-0.15, -0.1) is 0 Å². The van der Waals surface area contributed by atoms with Gasteiger partial charge in [-0.3, -0.25) is 9.69 Å². The average molecular weight is 537 g/mol. The number of aromatic nitrogens is 1. The second-order valence-corrected chi connectivity index (χ2v) is 11.2. The zero-order chi connectivity index (χ0) is 25.9. The van der Waals surface area contributed by atoms with E-state index in [-0.39, 0.29) is 18.5 Å². The second kappa shape index (κ2) is 11.3. The maximum absolute atomic E-state index is 13.6. The molecule has 1 aliphatic carbocycles. The third-order valence-electron chi connectivity index (χ3n) is 8.01. The monoisotopic (exact) mass is 536 g/mol. The number of amides is 1. The Morgan fingerprint density at radius 1 is 1.05 bits per heavy atom. The molecule has 0 radical (unpaired) electrons. The summed E-state index contributed by atoms with van der Waals surface area (Å²) in [7, 11) is 0. The predicted molar refractivity (Wildman–Crippen MR) is 148 cm³/mol. The Balaban J connectivity index is 0.991. The number of carbonyl (C=O) groups excluding carboxylic acids is 1. The Morgan fingerprint density at radius 2 is 1.87 bits per heavy atom. The van der Waals surface area contributed by atoms with Crippen LogP contribution >= 0.6 is 11.5 Å². The van der Waals surface area contributed by atoms with Crippen LogP contribution < -0.4 is 19.7 Å². The van der Waals surface area contributed by atoms with Gasteiger partial charge in [0.2, 0.25) is 12.7 Å². The smallest absolute Gasteiger partial charge is 0.244 e. The van der Waals surface area contributed by atoms with E-state index in [0.29, 0.717) is 17.6 Å². The van der Waals surface area contributed by atoms with Crippen LogP contribution in [0.2, 0.25) is 0 Å². The summed E-state index contributed by atoms with van der Waals surface area (Å²) in [5.41, 5.74) is 0.914. The van der Waals surface area contributed by atoms with Crippen molar-refractivity contribution in [2.45, 2.75) is 25.7 Å². The normalized spacial score (nSPS) is 21.9. The molecule has 3 aromatic rings. The lowest BCUT2D eigenvalue weighted by atomic mass is 9.78. The molecular formula is C29H33FN4O3S. The molecule has 0 spiro atoms. The zero-order valence-electron chi connectivity index (χ0n) is 21.4. The molecule has 1 saturated carbocycles. The van der Waals surface area contributed by atoms with Gasteiger partial charge in [0, 0.05) is 50.7 Å². The van der Waals surface area contributed by atoms with Gasteiger partial charge < -0.3 is 19.7 Å². The van der Waals surface area contributed by atoms with Crippen molar-refractivity contribution in [2.75, 3.05) is 51.0 Å². The number of fused-ring (bicyclic) bond motifs is 2. The van der Waals surface area contributed by atoms with Crippen LogP contribution in [0.5, 0.6) is 11.5 Å². The summed E-state index contributed by atoms with van der Waals surface area (Å²) in [5.74, 6) is 3.26. The Morgan fingerprint density at radius 3 is 2.74 bits per heavy atom. The van der Waals surface area contributed by atoms with Crippen molar-refractivity contribution in [3.8, 4) is 11.5 Å². The number of ether oxygens (including phenoxy) is 2.